The lowest BCUT2D eigenvalue weighted by Crippen LogP contribution is -2.49. The van der Waals surface area contributed by atoms with Gasteiger partial charge in [0.05, 0.1) is 26.9 Å². The van der Waals surface area contributed by atoms with Crippen molar-refractivity contribution in [3.63, 3.8) is 0 Å². The normalized spacial score (nSPS) is 19.1. The highest BCUT2D eigenvalue weighted by molar-refractivity contribution is 5.80. The Bertz CT molecular complexity index is 659. The zero-order chi connectivity index (χ0) is 21.9. The maximum absolute atomic E-state index is 6.08. The Kier molecular flexibility index (Phi) is 9.59. The molecule has 0 unspecified atom stereocenters. The van der Waals surface area contributed by atoms with Crippen LogP contribution in [0.15, 0.2) is 23.2 Å². The van der Waals surface area contributed by atoms with Crippen LogP contribution in [-0.4, -0.2) is 65.6 Å². The van der Waals surface area contributed by atoms with Crippen molar-refractivity contribution in [1.29, 1.82) is 0 Å². The molecule has 7 heteroatoms. The average Bonchev–Trinajstić information content (AvgIpc) is 3.10. The summed E-state index contributed by atoms with van der Waals surface area (Å²) in [5.41, 5.74) is 1.15. The number of guanidine groups is 1. The molecule has 2 N–H and O–H groups in total. The Morgan fingerprint density at radius 2 is 1.61 bits per heavy atom. The first kappa shape index (κ1) is 23.5. The second-order valence-corrected chi connectivity index (χ2v) is 8.46. The first-order valence-electron chi connectivity index (χ1n) is 11.8. The highest BCUT2D eigenvalue weighted by Crippen LogP contribution is 2.30. The lowest BCUT2D eigenvalue weighted by molar-refractivity contribution is 0.0468. The fourth-order valence-electron chi connectivity index (χ4n) is 4.45. The van der Waals surface area contributed by atoms with E-state index in [0.29, 0.717) is 12.1 Å². The summed E-state index contributed by atoms with van der Waals surface area (Å²) < 4.78 is 16.9. The molecule has 0 amide bonds. The molecule has 1 aliphatic heterocycles. The minimum Gasteiger partial charge on any atom is -0.497 e. The Hall–Kier alpha value is -2.15. The molecular formula is C24H40N4O3. The van der Waals surface area contributed by atoms with Gasteiger partial charge in [0, 0.05) is 56.6 Å². The molecule has 1 aromatic carbocycles. The highest BCUT2D eigenvalue weighted by Gasteiger charge is 2.21. The topological polar surface area (TPSA) is 67.4 Å². The number of methoxy groups -OCH3 is 2. The summed E-state index contributed by atoms with van der Waals surface area (Å²) in [5.74, 6) is 2.52. The van der Waals surface area contributed by atoms with Gasteiger partial charge in [-0.2, -0.15) is 0 Å². The Morgan fingerprint density at radius 1 is 0.968 bits per heavy atom. The number of nitrogens with one attached hydrogen (secondary N) is 2. The van der Waals surface area contributed by atoms with Crippen molar-refractivity contribution in [2.75, 3.05) is 52.4 Å². The van der Waals surface area contributed by atoms with Crippen molar-refractivity contribution in [2.24, 2.45) is 4.99 Å². The summed E-state index contributed by atoms with van der Waals surface area (Å²) in [5, 5.41) is 6.99. The first-order chi connectivity index (χ1) is 15.2. The van der Waals surface area contributed by atoms with Crippen LogP contribution in [0.4, 0.5) is 5.69 Å². The van der Waals surface area contributed by atoms with Crippen LogP contribution in [0, 0.1) is 0 Å². The fourth-order valence-corrected chi connectivity index (χ4v) is 4.45. The van der Waals surface area contributed by atoms with E-state index in [1.165, 1.54) is 38.5 Å². The molecule has 174 valence electrons. The SMILES string of the molecule is CN=C(NCCOC1CCCCCC1)NC1CCN(c2cc(OC)cc(OC)c2)CC1. The molecule has 1 aromatic rings. The molecule has 0 radical (unpaired) electrons. The third kappa shape index (κ3) is 7.49. The van der Waals surface area contributed by atoms with E-state index < -0.39 is 0 Å². The van der Waals surface area contributed by atoms with Gasteiger partial charge in [0.25, 0.3) is 0 Å². The van der Waals surface area contributed by atoms with Gasteiger partial charge in [0.15, 0.2) is 5.96 Å². The predicted octanol–water partition coefficient (Wildman–Crippen LogP) is 3.58. The van der Waals surface area contributed by atoms with Gasteiger partial charge in [-0.15, -0.1) is 0 Å². The molecule has 1 heterocycles. The van der Waals surface area contributed by atoms with Crippen LogP contribution in [-0.2, 0) is 4.74 Å². The standard InChI is InChI=1S/C24H40N4O3/c1-25-24(26-12-15-31-21-8-6-4-5-7-9-21)27-19-10-13-28(14-11-19)20-16-22(29-2)18-23(17-20)30-3/h16-19,21H,4-15H2,1-3H3,(H2,25,26,27). The number of piperidine rings is 1. The molecule has 2 aliphatic rings. The zero-order valence-electron chi connectivity index (χ0n) is 19.5. The molecule has 0 spiro atoms. The number of rotatable bonds is 8. The van der Waals surface area contributed by atoms with E-state index in [1.54, 1.807) is 14.2 Å². The summed E-state index contributed by atoms with van der Waals surface area (Å²) >= 11 is 0. The molecule has 31 heavy (non-hydrogen) atoms. The Labute approximate surface area is 187 Å². The first-order valence-corrected chi connectivity index (χ1v) is 11.8. The van der Waals surface area contributed by atoms with E-state index in [-0.39, 0.29) is 0 Å². The van der Waals surface area contributed by atoms with Crippen molar-refractivity contribution in [3.05, 3.63) is 18.2 Å². The molecule has 7 nitrogen and oxygen atoms in total. The third-order valence-corrected chi connectivity index (χ3v) is 6.31. The number of nitrogens with zero attached hydrogens (tertiary/aromatic N) is 2. The molecular weight excluding hydrogens is 392 g/mol. The van der Waals surface area contributed by atoms with Gasteiger partial charge in [-0.05, 0) is 25.7 Å². The van der Waals surface area contributed by atoms with Gasteiger partial charge >= 0.3 is 0 Å². The fraction of sp³-hybridized carbons (Fsp3) is 0.708. The van der Waals surface area contributed by atoms with Crippen LogP contribution in [0.1, 0.15) is 51.4 Å². The van der Waals surface area contributed by atoms with Gasteiger partial charge in [-0.1, -0.05) is 25.7 Å². The monoisotopic (exact) mass is 432 g/mol. The van der Waals surface area contributed by atoms with E-state index in [9.17, 15) is 0 Å². The van der Waals surface area contributed by atoms with Gasteiger partial charge < -0.3 is 29.7 Å². The predicted molar refractivity (Wildman–Crippen MR) is 127 cm³/mol. The van der Waals surface area contributed by atoms with Crippen LogP contribution in [0.3, 0.4) is 0 Å². The molecule has 1 aliphatic carbocycles. The van der Waals surface area contributed by atoms with Crippen molar-refractivity contribution in [1.82, 2.24) is 10.6 Å². The van der Waals surface area contributed by atoms with E-state index in [0.717, 1.165) is 62.2 Å². The average molecular weight is 433 g/mol. The van der Waals surface area contributed by atoms with Gasteiger partial charge in [0.2, 0.25) is 0 Å². The maximum Gasteiger partial charge on any atom is 0.191 e. The van der Waals surface area contributed by atoms with E-state index in [4.69, 9.17) is 14.2 Å². The Balaban J connectivity index is 1.39. The molecule has 1 saturated carbocycles. The van der Waals surface area contributed by atoms with Crippen LogP contribution in [0.2, 0.25) is 0 Å². The number of hydrogen-bond acceptors (Lipinski definition) is 5. The van der Waals surface area contributed by atoms with Gasteiger partial charge in [-0.3, -0.25) is 4.99 Å². The lowest BCUT2D eigenvalue weighted by Gasteiger charge is -2.34. The molecule has 2 fully saturated rings. The summed E-state index contributed by atoms with van der Waals surface area (Å²) in [6.07, 6.45) is 10.3. The number of anilines is 1. The lowest BCUT2D eigenvalue weighted by atomic mass is 10.0. The molecule has 0 bridgehead atoms. The zero-order valence-corrected chi connectivity index (χ0v) is 19.5. The number of ether oxygens (including phenoxy) is 3. The van der Waals surface area contributed by atoms with Crippen molar-refractivity contribution in [3.8, 4) is 11.5 Å². The maximum atomic E-state index is 6.08. The van der Waals surface area contributed by atoms with Crippen LogP contribution < -0.4 is 25.0 Å². The highest BCUT2D eigenvalue weighted by atomic mass is 16.5. The second-order valence-electron chi connectivity index (χ2n) is 8.46. The molecule has 0 aromatic heterocycles. The van der Waals surface area contributed by atoms with Crippen molar-refractivity contribution < 1.29 is 14.2 Å². The minimum absolute atomic E-state index is 0.415. The molecule has 3 rings (SSSR count). The smallest absolute Gasteiger partial charge is 0.191 e. The number of hydrogen-bond donors (Lipinski definition) is 2. The van der Waals surface area contributed by atoms with E-state index in [2.05, 4.69) is 32.7 Å². The largest absolute Gasteiger partial charge is 0.497 e. The summed E-state index contributed by atoms with van der Waals surface area (Å²) in [6.45, 7) is 3.49. The van der Waals surface area contributed by atoms with E-state index >= 15 is 0 Å². The summed E-state index contributed by atoms with van der Waals surface area (Å²) in [7, 11) is 5.21. The molecule has 0 atom stereocenters. The van der Waals surface area contributed by atoms with Crippen LogP contribution >= 0.6 is 0 Å². The number of aliphatic imine (C=N–C) groups is 1. The Morgan fingerprint density at radius 3 is 2.19 bits per heavy atom. The summed E-state index contributed by atoms with van der Waals surface area (Å²) in [4.78, 5) is 6.79. The third-order valence-electron chi connectivity index (χ3n) is 6.31. The van der Waals surface area contributed by atoms with Gasteiger partial charge in [0.1, 0.15) is 11.5 Å². The number of benzene rings is 1. The molecule has 1 saturated heterocycles. The van der Waals surface area contributed by atoms with E-state index in [1.807, 2.05) is 13.1 Å². The van der Waals surface area contributed by atoms with Crippen molar-refractivity contribution >= 4 is 11.6 Å². The van der Waals surface area contributed by atoms with Crippen LogP contribution in [0.5, 0.6) is 11.5 Å². The van der Waals surface area contributed by atoms with Gasteiger partial charge in [-0.25, -0.2) is 0 Å². The van der Waals surface area contributed by atoms with Crippen molar-refractivity contribution in [2.45, 2.75) is 63.5 Å². The minimum atomic E-state index is 0.415. The quantitative estimate of drug-likeness (QED) is 0.283. The second kappa shape index (κ2) is 12.6. The van der Waals surface area contributed by atoms with Crippen LogP contribution in [0.25, 0.3) is 0 Å². The summed E-state index contributed by atoms with van der Waals surface area (Å²) in [6, 6.07) is 6.47.